The van der Waals surface area contributed by atoms with Gasteiger partial charge in [0.05, 0.1) is 32.1 Å². The smallest absolute Gasteiger partial charge is 0.0918 e. The molecule has 0 amide bonds. The molecule has 1 aliphatic rings. The molecule has 0 radical (unpaired) electrons. The number of fused-ring (bicyclic) bond motifs is 1. The van der Waals surface area contributed by atoms with Crippen LogP contribution in [0.1, 0.15) is 22.7 Å². The highest BCUT2D eigenvalue weighted by molar-refractivity contribution is 5.24. The Morgan fingerprint density at radius 3 is 3.00 bits per heavy atom. The third-order valence-corrected chi connectivity index (χ3v) is 3.18. The summed E-state index contributed by atoms with van der Waals surface area (Å²) in [4.78, 5) is 3.99. The minimum atomic E-state index is 0.0555. The van der Waals surface area contributed by atoms with E-state index in [1.807, 2.05) is 23.0 Å². The predicted molar refractivity (Wildman–Crippen MR) is 65.0 cm³/mol. The average molecular weight is 245 g/mol. The van der Waals surface area contributed by atoms with E-state index in [9.17, 15) is 5.11 Å². The van der Waals surface area contributed by atoms with Crippen LogP contribution in [-0.2, 0) is 17.9 Å². The lowest BCUT2D eigenvalue weighted by molar-refractivity contribution is 0.0702. The van der Waals surface area contributed by atoms with Crippen molar-refractivity contribution in [2.75, 3.05) is 13.2 Å². The molecule has 0 spiro atoms. The first kappa shape index (κ1) is 11.4. The number of aromatic nitrogens is 3. The van der Waals surface area contributed by atoms with Gasteiger partial charge in [-0.15, -0.1) is 0 Å². The van der Waals surface area contributed by atoms with Crippen molar-refractivity contribution in [2.24, 2.45) is 0 Å². The monoisotopic (exact) mass is 245 g/mol. The zero-order chi connectivity index (χ0) is 12.4. The molecule has 5 nitrogen and oxygen atoms in total. The lowest BCUT2D eigenvalue weighted by Crippen LogP contribution is -2.18. The van der Waals surface area contributed by atoms with Crippen molar-refractivity contribution in [3.05, 3.63) is 47.5 Å². The summed E-state index contributed by atoms with van der Waals surface area (Å²) < 4.78 is 7.32. The molecule has 1 aliphatic heterocycles. The molecule has 0 saturated heterocycles. The van der Waals surface area contributed by atoms with Crippen LogP contribution in [0.2, 0.25) is 0 Å². The van der Waals surface area contributed by atoms with E-state index >= 15 is 0 Å². The number of aliphatic hydroxyl groups excluding tert-OH is 1. The van der Waals surface area contributed by atoms with Crippen molar-refractivity contribution in [1.29, 1.82) is 0 Å². The fourth-order valence-corrected chi connectivity index (χ4v) is 2.22. The zero-order valence-electron chi connectivity index (χ0n) is 9.99. The van der Waals surface area contributed by atoms with Crippen molar-refractivity contribution in [3.8, 4) is 0 Å². The molecule has 18 heavy (non-hydrogen) atoms. The van der Waals surface area contributed by atoms with Crippen molar-refractivity contribution in [2.45, 2.75) is 19.1 Å². The largest absolute Gasteiger partial charge is 0.396 e. The Bertz CT molecular complexity index is 524. The molecular formula is C13H15N3O2. The van der Waals surface area contributed by atoms with Gasteiger partial charge in [0.15, 0.2) is 0 Å². The topological polar surface area (TPSA) is 60.2 Å². The lowest BCUT2D eigenvalue weighted by Gasteiger charge is -2.19. The molecule has 0 aliphatic carbocycles. The quantitative estimate of drug-likeness (QED) is 0.874. The zero-order valence-corrected chi connectivity index (χ0v) is 9.99. The van der Waals surface area contributed by atoms with Crippen molar-refractivity contribution in [1.82, 2.24) is 14.8 Å². The first-order valence-electron chi connectivity index (χ1n) is 6.00. The molecule has 3 heterocycles. The summed E-state index contributed by atoms with van der Waals surface area (Å²) >= 11 is 0. The van der Waals surface area contributed by atoms with Crippen molar-refractivity contribution < 1.29 is 9.84 Å². The van der Waals surface area contributed by atoms with Crippen LogP contribution in [0.3, 0.4) is 0 Å². The number of nitrogens with zero attached hydrogens (tertiary/aromatic N) is 3. The van der Waals surface area contributed by atoms with Crippen molar-refractivity contribution >= 4 is 0 Å². The molecule has 5 heteroatoms. The van der Waals surface area contributed by atoms with Crippen molar-refractivity contribution in [3.63, 3.8) is 0 Å². The summed E-state index contributed by atoms with van der Waals surface area (Å²) in [6.45, 7) is 1.93. The highest BCUT2D eigenvalue weighted by Gasteiger charge is 2.23. The van der Waals surface area contributed by atoms with Gasteiger partial charge in [0.2, 0.25) is 0 Å². The van der Waals surface area contributed by atoms with Crippen LogP contribution < -0.4 is 0 Å². The minimum absolute atomic E-state index is 0.0555. The SMILES string of the molecule is OCC1COCc2nn(Cc3ccncc3)cc21. The number of pyridine rings is 1. The molecule has 94 valence electrons. The van der Waals surface area contributed by atoms with Crippen LogP contribution in [0, 0.1) is 0 Å². The van der Waals surface area contributed by atoms with Gasteiger partial charge in [-0.05, 0) is 17.7 Å². The minimum Gasteiger partial charge on any atom is -0.396 e. The fraction of sp³-hybridized carbons (Fsp3) is 0.385. The van der Waals surface area contributed by atoms with E-state index in [4.69, 9.17) is 4.74 Å². The van der Waals surface area contributed by atoms with Crippen LogP contribution in [0.25, 0.3) is 0 Å². The maximum atomic E-state index is 9.31. The number of rotatable bonds is 3. The van der Waals surface area contributed by atoms with Gasteiger partial charge in [0.1, 0.15) is 0 Å². The Morgan fingerprint density at radius 1 is 1.39 bits per heavy atom. The Morgan fingerprint density at radius 2 is 2.22 bits per heavy atom. The molecule has 2 aromatic heterocycles. The fourth-order valence-electron chi connectivity index (χ4n) is 2.22. The second-order valence-electron chi connectivity index (χ2n) is 4.48. The molecule has 0 aromatic carbocycles. The molecule has 0 bridgehead atoms. The summed E-state index contributed by atoms with van der Waals surface area (Å²) in [6.07, 6.45) is 5.57. The van der Waals surface area contributed by atoms with Gasteiger partial charge in [-0.1, -0.05) is 0 Å². The van der Waals surface area contributed by atoms with Gasteiger partial charge < -0.3 is 9.84 Å². The first-order valence-corrected chi connectivity index (χ1v) is 6.00. The van der Waals surface area contributed by atoms with Crippen LogP contribution >= 0.6 is 0 Å². The van der Waals surface area contributed by atoms with Gasteiger partial charge in [0.25, 0.3) is 0 Å². The molecule has 0 saturated carbocycles. The third kappa shape index (κ3) is 2.14. The third-order valence-electron chi connectivity index (χ3n) is 3.18. The van der Waals surface area contributed by atoms with Crippen LogP contribution in [0.5, 0.6) is 0 Å². The Hall–Kier alpha value is -1.72. The van der Waals surface area contributed by atoms with E-state index in [1.54, 1.807) is 12.4 Å². The van der Waals surface area contributed by atoms with Gasteiger partial charge in [-0.3, -0.25) is 9.67 Å². The van der Waals surface area contributed by atoms with E-state index in [1.165, 1.54) is 0 Å². The molecule has 2 aromatic rings. The van der Waals surface area contributed by atoms with E-state index in [0.717, 1.165) is 16.8 Å². The summed E-state index contributed by atoms with van der Waals surface area (Å²) in [6, 6.07) is 3.95. The van der Waals surface area contributed by atoms with Crippen LogP contribution in [-0.4, -0.2) is 33.1 Å². The van der Waals surface area contributed by atoms with E-state index < -0.39 is 0 Å². The molecule has 1 unspecified atom stereocenters. The van der Waals surface area contributed by atoms with E-state index in [2.05, 4.69) is 10.1 Å². The van der Waals surface area contributed by atoms with Gasteiger partial charge in [-0.2, -0.15) is 5.10 Å². The molecule has 3 rings (SSSR count). The van der Waals surface area contributed by atoms with Crippen LogP contribution in [0.15, 0.2) is 30.7 Å². The summed E-state index contributed by atoms with van der Waals surface area (Å²) in [5, 5.41) is 13.8. The molecule has 0 fully saturated rings. The molecular weight excluding hydrogens is 230 g/mol. The first-order chi connectivity index (χ1) is 8.86. The Labute approximate surface area is 105 Å². The summed E-state index contributed by atoms with van der Waals surface area (Å²) in [5.41, 5.74) is 3.21. The maximum absolute atomic E-state index is 9.31. The average Bonchev–Trinajstić information content (AvgIpc) is 2.82. The Balaban J connectivity index is 1.84. The second-order valence-corrected chi connectivity index (χ2v) is 4.48. The van der Waals surface area contributed by atoms with Gasteiger partial charge >= 0.3 is 0 Å². The van der Waals surface area contributed by atoms with Gasteiger partial charge in [-0.25, -0.2) is 0 Å². The summed E-state index contributed by atoms with van der Waals surface area (Å²) in [5.74, 6) is 0.0555. The number of hydrogen-bond donors (Lipinski definition) is 1. The van der Waals surface area contributed by atoms with Crippen LogP contribution in [0.4, 0.5) is 0 Å². The predicted octanol–water partition coefficient (Wildman–Crippen LogP) is 0.932. The summed E-state index contributed by atoms with van der Waals surface area (Å²) in [7, 11) is 0. The van der Waals surface area contributed by atoms with Gasteiger partial charge in [0, 0.05) is 30.1 Å². The lowest BCUT2D eigenvalue weighted by atomic mass is 10.00. The maximum Gasteiger partial charge on any atom is 0.0918 e. The van der Waals surface area contributed by atoms with E-state index in [0.29, 0.717) is 19.8 Å². The number of ether oxygens (including phenoxy) is 1. The van der Waals surface area contributed by atoms with E-state index in [-0.39, 0.29) is 12.5 Å². The standard InChI is InChI=1S/C13H15N3O2/c17-7-11-8-18-9-13-12(11)6-16(15-13)5-10-1-3-14-4-2-10/h1-4,6,11,17H,5,7-9H2. The highest BCUT2D eigenvalue weighted by Crippen LogP contribution is 2.25. The second kappa shape index (κ2) is 4.88. The number of aliphatic hydroxyl groups is 1. The Kier molecular flexibility index (Phi) is 3.08. The highest BCUT2D eigenvalue weighted by atomic mass is 16.5. The number of hydrogen-bond acceptors (Lipinski definition) is 4. The normalized spacial score (nSPS) is 18.6. The molecule has 1 N–H and O–H groups in total. The molecule has 1 atom stereocenters.